The molecule has 0 spiro atoms. The molecular formula is C20H27F2N3O2. The van der Waals surface area contributed by atoms with E-state index in [0.29, 0.717) is 31.1 Å². The molecule has 0 saturated carbocycles. The zero-order chi connectivity index (χ0) is 19.2. The van der Waals surface area contributed by atoms with Crippen LogP contribution in [0.25, 0.3) is 0 Å². The van der Waals surface area contributed by atoms with E-state index in [1.807, 2.05) is 0 Å². The van der Waals surface area contributed by atoms with E-state index < -0.39 is 12.5 Å². The predicted molar refractivity (Wildman–Crippen MR) is 98.6 cm³/mol. The monoisotopic (exact) mass is 379 g/mol. The van der Waals surface area contributed by atoms with Crippen LogP contribution in [0.15, 0.2) is 24.3 Å². The summed E-state index contributed by atoms with van der Waals surface area (Å²) in [5, 5.41) is 2.87. The molecule has 0 unspecified atom stereocenters. The largest absolute Gasteiger partial charge is 0.352 e. The molecule has 0 aliphatic carbocycles. The fourth-order valence-corrected chi connectivity index (χ4v) is 3.92. The van der Waals surface area contributed by atoms with Gasteiger partial charge in [0.25, 0.3) is 5.91 Å². The van der Waals surface area contributed by atoms with Crippen molar-refractivity contribution in [2.24, 2.45) is 5.92 Å². The van der Waals surface area contributed by atoms with Crippen LogP contribution in [0.3, 0.4) is 0 Å². The minimum atomic E-state index is -0.459. The van der Waals surface area contributed by atoms with E-state index in [9.17, 15) is 18.4 Å². The van der Waals surface area contributed by atoms with Crippen LogP contribution in [0.1, 0.15) is 36.0 Å². The van der Waals surface area contributed by atoms with Gasteiger partial charge in [0.2, 0.25) is 5.91 Å². The summed E-state index contributed by atoms with van der Waals surface area (Å²) in [6, 6.07) is 5.41. The van der Waals surface area contributed by atoms with Crippen molar-refractivity contribution < 1.29 is 18.4 Å². The van der Waals surface area contributed by atoms with Gasteiger partial charge in [0.1, 0.15) is 12.5 Å². The lowest BCUT2D eigenvalue weighted by atomic mass is 9.96. The van der Waals surface area contributed by atoms with Gasteiger partial charge < -0.3 is 10.2 Å². The fourth-order valence-electron chi connectivity index (χ4n) is 3.92. The van der Waals surface area contributed by atoms with Gasteiger partial charge in [-0.3, -0.25) is 14.5 Å². The van der Waals surface area contributed by atoms with Crippen LogP contribution >= 0.6 is 0 Å². The van der Waals surface area contributed by atoms with Gasteiger partial charge in [-0.15, -0.1) is 0 Å². The lowest BCUT2D eigenvalue weighted by molar-refractivity contribution is -0.133. The second-order valence-electron chi connectivity index (χ2n) is 7.48. The average molecular weight is 379 g/mol. The van der Waals surface area contributed by atoms with Crippen LogP contribution in [-0.4, -0.2) is 67.1 Å². The van der Waals surface area contributed by atoms with Crippen LogP contribution < -0.4 is 5.32 Å². The topological polar surface area (TPSA) is 52.7 Å². The number of nitrogens with one attached hydrogen (secondary N) is 1. The normalized spacial score (nSPS) is 21.4. The summed E-state index contributed by atoms with van der Waals surface area (Å²) < 4.78 is 26.2. The number of benzene rings is 1. The van der Waals surface area contributed by atoms with Crippen LogP contribution in [0.5, 0.6) is 0 Å². The molecule has 0 bridgehead atoms. The number of hydrogen-bond donors (Lipinski definition) is 1. The quantitative estimate of drug-likeness (QED) is 0.825. The first kappa shape index (κ1) is 19.7. The molecule has 2 amide bonds. The molecule has 148 valence electrons. The Hall–Kier alpha value is -2.02. The smallest absolute Gasteiger partial charge is 0.251 e. The number of carbonyl (C=O) groups is 2. The lowest BCUT2D eigenvalue weighted by Gasteiger charge is -2.33. The van der Waals surface area contributed by atoms with E-state index in [4.69, 9.17) is 0 Å². The standard InChI is InChI=1S/C20H27F2N3O2/c21-12-18-5-2-8-25(18)19(26)14-24-9-6-15(7-10-24)13-23-20(27)16-3-1-4-17(22)11-16/h1,3-4,11,15,18H,2,5-10,12-14H2,(H,23,27)/t18-/m1/s1. The Morgan fingerprint density at radius 1 is 1.15 bits per heavy atom. The number of rotatable bonds is 6. The maximum atomic E-state index is 13.2. The number of nitrogens with zero attached hydrogens (tertiary/aromatic N) is 2. The fraction of sp³-hybridized carbons (Fsp3) is 0.600. The summed E-state index contributed by atoms with van der Waals surface area (Å²) >= 11 is 0. The zero-order valence-corrected chi connectivity index (χ0v) is 15.5. The van der Waals surface area contributed by atoms with E-state index in [1.165, 1.54) is 18.2 Å². The molecule has 3 rings (SSSR count). The Bertz CT molecular complexity index is 662. The number of halogens is 2. The molecule has 0 aromatic heterocycles. The van der Waals surface area contributed by atoms with E-state index in [1.54, 1.807) is 11.0 Å². The molecule has 27 heavy (non-hydrogen) atoms. The number of likely N-dealkylation sites (tertiary alicyclic amines) is 2. The van der Waals surface area contributed by atoms with Crippen LogP contribution in [0.4, 0.5) is 8.78 Å². The average Bonchev–Trinajstić information content (AvgIpc) is 3.16. The second kappa shape index (κ2) is 9.26. The molecule has 2 saturated heterocycles. The summed E-state index contributed by atoms with van der Waals surface area (Å²) in [5.74, 6) is -0.320. The van der Waals surface area contributed by atoms with Gasteiger partial charge in [-0.2, -0.15) is 0 Å². The van der Waals surface area contributed by atoms with Crippen molar-refractivity contribution in [3.8, 4) is 0 Å². The summed E-state index contributed by atoms with van der Waals surface area (Å²) in [5.41, 5.74) is 0.325. The molecule has 5 nitrogen and oxygen atoms in total. The molecule has 7 heteroatoms. The van der Waals surface area contributed by atoms with E-state index in [2.05, 4.69) is 10.2 Å². The molecular weight excluding hydrogens is 352 g/mol. The molecule has 1 atom stereocenters. The summed E-state index contributed by atoms with van der Waals surface area (Å²) in [4.78, 5) is 28.3. The van der Waals surface area contributed by atoms with Gasteiger partial charge in [0, 0.05) is 18.7 Å². The third kappa shape index (κ3) is 5.25. The van der Waals surface area contributed by atoms with Gasteiger partial charge in [-0.05, 0) is 62.9 Å². The molecule has 2 aliphatic heterocycles. The van der Waals surface area contributed by atoms with Crippen molar-refractivity contribution in [1.29, 1.82) is 0 Å². The Morgan fingerprint density at radius 3 is 2.63 bits per heavy atom. The number of amides is 2. The summed E-state index contributed by atoms with van der Waals surface area (Å²) in [6.07, 6.45) is 3.43. The van der Waals surface area contributed by atoms with Gasteiger partial charge in [-0.25, -0.2) is 8.78 Å². The zero-order valence-electron chi connectivity index (χ0n) is 15.5. The first-order chi connectivity index (χ1) is 13.1. The predicted octanol–water partition coefficient (Wildman–Crippen LogP) is 2.23. The summed E-state index contributed by atoms with van der Waals surface area (Å²) in [7, 11) is 0. The van der Waals surface area contributed by atoms with Crippen LogP contribution in [0.2, 0.25) is 0 Å². The van der Waals surface area contributed by atoms with Crippen LogP contribution in [0, 0.1) is 11.7 Å². The van der Waals surface area contributed by atoms with E-state index >= 15 is 0 Å². The third-order valence-electron chi connectivity index (χ3n) is 5.58. The number of hydrogen-bond acceptors (Lipinski definition) is 3. The van der Waals surface area contributed by atoms with Gasteiger partial charge in [0.15, 0.2) is 0 Å². The highest BCUT2D eigenvalue weighted by Gasteiger charge is 2.30. The van der Waals surface area contributed by atoms with Crippen LogP contribution in [-0.2, 0) is 4.79 Å². The van der Waals surface area contributed by atoms with E-state index in [-0.39, 0.29) is 17.9 Å². The van der Waals surface area contributed by atoms with Crippen molar-refractivity contribution in [3.63, 3.8) is 0 Å². The van der Waals surface area contributed by atoms with Crippen molar-refractivity contribution >= 4 is 11.8 Å². The molecule has 1 aromatic carbocycles. The highest BCUT2D eigenvalue weighted by molar-refractivity contribution is 5.94. The lowest BCUT2D eigenvalue weighted by Crippen LogP contribution is -2.46. The Morgan fingerprint density at radius 2 is 1.93 bits per heavy atom. The highest BCUT2D eigenvalue weighted by Crippen LogP contribution is 2.20. The first-order valence-corrected chi connectivity index (χ1v) is 9.68. The van der Waals surface area contributed by atoms with Crippen molar-refractivity contribution in [2.75, 3.05) is 39.4 Å². The molecule has 2 aliphatic rings. The second-order valence-corrected chi connectivity index (χ2v) is 7.48. The summed E-state index contributed by atoms with van der Waals surface area (Å²) in [6.45, 7) is 2.68. The van der Waals surface area contributed by atoms with Gasteiger partial charge in [-0.1, -0.05) is 6.07 Å². The molecule has 2 heterocycles. The van der Waals surface area contributed by atoms with Crippen molar-refractivity contribution in [3.05, 3.63) is 35.6 Å². The molecule has 2 fully saturated rings. The molecule has 0 radical (unpaired) electrons. The Labute approximate surface area is 158 Å². The first-order valence-electron chi connectivity index (χ1n) is 9.68. The Kier molecular flexibility index (Phi) is 6.77. The number of carbonyl (C=O) groups excluding carboxylic acids is 2. The highest BCUT2D eigenvalue weighted by atomic mass is 19.1. The number of alkyl halides is 1. The number of piperidine rings is 1. The maximum absolute atomic E-state index is 13.2. The third-order valence-corrected chi connectivity index (χ3v) is 5.58. The minimum Gasteiger partial charge on any atom is -0.352 e. The SMILES string of the molecule is O=C(NCC1CCN(CC(=O)N2CCC[C@@H]2CF)CC1)c1cccc(F)c1. The van der Waals surface area contributed by atoms with Gasteiger partial charge in [0.05, 0.1) is 12.6 Å². The van der Waals surface area contributed by atoms with Gasteiger partial charge >= 0.3 is 0 Å². The van der Waals surface area contributed by atoms with Crippen molar-refractivity contribution in [1.82, 2.24) is 15.1 Å². The van der Waals surface area contributed by atoms with Crippen molar-refractivity contribution in [2.45, 2.75) is 31.7 Å². The molecule has 1 aromatic rings. The Balaban J connectivity index is 1.39. The van der Waals surface area contributed by atoms with E-state index in [0.717, 1.165) is 38.8 Å². The minimum absolute atomic E-state index is 0.0213. The molecule has 1 N–H and O–H groups in total. The maximum Gasteiger partial charge on any atom is 0.251 e.